The van der Waals surface area contributed by atoms with E-state index in [1.54, 1.807) is 12.1 Å². The molecule has 0 aliphatic heterocycles. The SMILES string of the molecule is COc1cc(C(N)CC(N)=O)cc(I)c1O. The van der Waals surface area contributed by atoms with E-state index in [-0.39, 0.29) is 12.2 Å². The summed E-state index contributed by atoms with van der Waals surface area (Å²) in [7, 11) is 1.45. The normalized spacial score (nSPS) is 12.2. The molecule has 1 atom stereocenters. The highest BCUT2D eigenvalue weighted by Crippen LogP contribution is 2.34. The molecule has 0 aromatic heterocycles. The maximum Gasteiger partial charge on any atom is 0.219 e. The van der Waals surface area contributed by atoms with Crippen molar-refractivity contribution in [1.29, 1.82) is 0 Å². The summed E-state index contributed by atoms with van der Waals surface area (Å²) in [5.74, 6) is -0.0607. The number of amides is 1. The molecule has 0 heterocycles. The van der Waals surface area contributed by atoms with Gasteiger partial charge in [0.25, 0.3) is 0 Å². The number of nitrogens with two attached hydrogens (primary N) is 2. The van der Waals surface area contributed by atoms with Crippen molar-refractivity contribution >= 4 is 28.5 Å². The van der Waals surface area contributed by atoms with Crippen molar-refractivity contribution in [2.75, 3.05) is 7.11 Å². The summed E-state index contributed by atoms with van der Waals surface area (Å²) < 4.78 is 5.61. The molecule has 1 unspecified atom stereocenters. The third-order valence-corrected chi connectivity index (χ3v) is 2.94. The predicted octanol–water partition coefficient (Wildman–Crippen LogP) is 0.881. The molecule has 1 amide bonds. The van der Waals surface area contributed by atoms with Crippen LogP contribution >= 0.6 is 22.6 Å². The van der Waals surface area contributed by atoms with Crippen molar-refractivity contribution in [3.05, 3.63) is 21.3 Å². The summed E-state index contributed by atoms with van der Waals surface area (Å²) in [5, 5.41) is 9.62. The third-order valence-electron chi connectivity index (χ3n) is 2.12. The van der Waals surface area contributed by atoms with Gasteiger partial charge in [0.1, 0.15) is 0 Å². The highest BCUT2D eigenvalue weighted by molar-refractivity contribution is 14.1. The number of hydrogen-bond acceptors (Lipinski definition) is 4. The number of methoxy groups -OCH3 is 1. The molecule has 0 bridgehead atoms. The smallest absolute Gasteiger partial charge is 0.219 e. The van der Waals surface area contributed by atoms with Crippen LogP contribution in [0.4, 0.5) is 0 Å². The molecule has 16 heavy (non-hydrogen) atoms. The molecule has 5 nitrogen and oxygen atoms in total. The van der Waals surface area contributed by atoms with Gasteiger partial charge in [0.05, 0.1) is 10.7 Å². The topological polar surface area (TPSA) is 98.6 Å². The molecule has 1 rings (SSSR count). The van der Waals surface area contributed by atoms with Gasteiger partial charge in [-0.1, -0.05) is 0 Å². The Kier molecular flexibility index (Phi) is 4.36. The Labute approximate surface area is 107 Å². The van der Waals surface area contributed by atoms with Crippen molar-refractivity contribution in [2.24, 2.45) is 11.5 Å². The first-order valence-electron chi connectivity index (χ1n) is 4.56. The van der Waals surface area contributed by atoms with Crippen molar-refractivity contribution in [3.63, 3.8) is 0 Å². The molecule has 0 aliphatic carbocycles. The summed E-state index contributed by atoms with van der Waals surface area (Å²) in [6.07, 6.45) is 0.0595. The highest BCUT2D eigenvalue weighted by atomic mass is 127. The standard InChI is InChI=1S/C10H13IN2O3/c1-16-8-3-5(2-6(11)10(8)15)7(12)4-9(13)14/h2-3,7,15H,4,12H2,1H3,(H2,13,14). The number of benzene rings is 1. The minimum atomic E-state index is -0.486. The zero-order valence-corrected chi connectivity index (χ0v) is 10.9. The molecule has 88 valence electrons. The minimum absolute atomic E-state index is 0.0595. The number of hydrogen-bond donors (Lipinski definition) is 3. The molecule has 0 fully saturated rings. The number of carbonyl (C=O) groups excluding carboxylic acids is 1. The van der Waals surface area contributed by atoms with E-state index in [9.17, 15) is 9.90 Å². The van der Waals surface area contributed by atoms with Crippen LogP contribution in [0.2, 0.25) is 0 Å². The summed E-state index contributed by atoms with van der Waals surface area (Å²) >= 11 is 1.96. The van der Waals surface area contributed by atoms with Gasteiger partial charge in [-0.3, -0.25) is 4.79 Å². The Morgan fingerprint density at radius 2 is 2.25 bits per heavy atom. The predicted molar refractivity (Wildman–Crippen MR) is 68.1 cm³/mol. The van der Waals surface area contributed by atoms with E-state index in [1.165, 1.54) is 7.11 Å². The van der Waals surface area contributed by atoms with Crippen LogP contribution in [0.5, 0.6) is 11.5 Å². The van der Waals surface area contributed by atoms with Crippen molar-refractivity contribution in [2.45, 2.75) is 12.5 Å². The van der Waals surface area contributed by atoms with E-state index in [4.69, 9.17) is 16.2 Å². The van der Waals surface area contributed by atoms with E-state index in [1.807, 2.05) is 22.6 Å². The summed E-state index contributed by atoms with van der Waals surface area (Å²) in [5.41, 5.74) is 11.6. The lowest BCUT2D eigenvalue weighted by Gasteiger charge is -2.13. The van der Waals surface area contributed by atoms with Gasteiger partial charge in [-0.25, -0.2) is 0 Å². The maximum absolute atomic E-state index is 10.7. The van der Waals surface area contributed by atoms with Crippen LogP contribution in [0.15, 0.2) is 12.1 Å². The summed E-state index contributed by atoms with van der Waals surface area (Å²) in [6, 6.07) is 2.82. The second-order valence-electron chi connectivity index (χ2n) is 3.33. The summed E-state index contributed by atoms with van der Waals surface area (Å²) in [4.78, 5) is 10.7. The fourth-order valence-electron chi connectivity index (χ4n) is 1.30. The van der Waals surface area contributed by atoms with Crippen LogP contribution in [-0.2, 0) is 4.79 Å². The maximum atomic E-state index is 10.7. The molecule has 6 heteroatoms. The van der Waals surface area contributed by atoms with Crippen LogP contribution < -0.4 is 16.2 Å². The molecule has 0 saturated heterocycles. The van der Waals surface area contributed by atoms with Gasteiger partial charge in [0, 0.05) is 12.5 Å². The third kappa shape index (κ3) is 2.99. The molecule has 1 aromatic rings. The average molecular weight is 336 g/mol. The zero-order chi connectivity index (χ0) is 12.3. The Morgan fingerprint density at radius 3 is 2.75 bits per heavy atom. The molecule has 0 aliphatic rings. The van der Waals surface area contributed by atoms with Crippen molar-refractivity contribution in [1.82, 2.24) is 0 Å². The number of carbonyl (C=O) groups is 1. The number of aromatic hydroxyl groups is 1. The number of rotatable bonds is 4. The molecule has 0 saturated carbocycles. The van der Waals surface area contributed by atoms with E-state index in [0.29, 0.717) is 14.9 Å². The van der Waals surface area contributed by atoms with Gasteiger partial charge in [0.15, 0.2) is 11.5 Å². The lowest BCUT2D eigenvalue weighted by Crippen LogP contribution is -2.20. The quantitative estimate of drug-likeness (QED) is 0.711. The second kappa shape index (κ2) is 5.35. The molecular weight excluding hydrogens is 323 g/mol. The van der Waals surface area contributed by atoms with Crippen LogP contribution in [0.3, 0.4) is 0 Å². The fraction of sp³-hybridized carbons (Fsp3) is 0.300. The van der Waals surface area contributed by atoms with Gasteiger partial charge in [0.2, 0.25) is 5.91 Å². The molecule has 1 aromatic carbocycles. The van der Waals surface area contributed by atoms with Crippen LogP contribution in [-0.4, -0.2) is 18.1 Å². The number of phenols is 1. The number of halogens is 1. The lowest BCUT2D eigenvalue weighted by molar-refractivity contribution is -0.118. The Bertz CT molecular complexity index is 409. The fourth-order valence-corrected chi connectivity index (χ4v) is 1.92. The van der Waals surface area contributed by atoms with Gasteiger partial charge >= 0.3 is 0 Å². The first-order valence-corrected chi connectivity index (χ1v) is 5.64. The number of ether oxygens (including phenoxy) is 1. The monoisotopic (exact) mass is 336 g/mol. The van der Waals surface area contributed by atoms with Gasteiger partial charge in [-0.2, -0.15) is 0 Å². The van der Waals surface area contributed by atoms with Crippen molar-refractivity contribution in [3.8, 4) is 11.5 Å². The van der Waals surface area contributed by atoms with E-state index >= 15 is 0 Å². The van der Waals surface area contributed by atoms with Gasteiger partial charge in [-0.05, 0) is 40.3 Å². The van der Waals surface area contributed by atoms with Crippen LogP contribution in [0.1, 0.15) is 18.0 Å². The van der Waals surface area contributed by atoms with Gasteiger partial charge in [-0.15, -0.1) is 0 Å². The molecule has 0 radical (unpaired) electrons. The number of phenolic OH excluding ortho intramolecular Hbond substituents is 1. The molecule has 0 spiro atoms. The summed E-state index contributed by atoms with van der Waals surface area (Å²) in [6.45, 7) is 0. The largest absolute Gasteiger partial charge is 0.504 e. The first kappa shape index (κ1) is 13.0. The van der Waals surface area contributed by atoms with E-state index in [2.05, 4.69) is 0 Å². The Hall–Kier alpha value is -1.02. The molecule has 5 N–H and O–H groups in total. The van der Waals surface area contributed by atoms with Crippen LogP contribution in [0, 0.1) is 3.57 Å². The van der Waals surface area contributed by atoms with Crippen molar-refractivity contribution < 1.29 is 14.6 Å². The van der Waals surface area contributed by atoms with E-state index < -0.39 is 11.9 Å². The highest BCUT2D eigenvalue weighted by Gasteiger charge is 2.14. The zero-order valence-electron chi connectivity index (χ0n) is 8.74. The second-order valence-corrected chi connectivity index (χ2v) is 4.49. The van der Waals surface area contributed by atoms with Gasteiger partial charge < -0.3 is 21.3 Å². The molecular formula is C10H13IN2O3. The minimum Gasteiger partial charge on any atom is -0.504 e. The lowest BCUT2D eigenvalue weighted by atomic mass is 10.0. The Morgan fingerprint density at radius 1 is 1.62 bits per heavy atom. The average Bonchev–Trinajstić information content (AvgIpc) is 2.20. The number of primary amides is 1. The van der Waals surface area contributed by atoms with Crippen LogP contribution in [0.25, 0.3) is 0 Å². The Balaban J connectivity index is 3.05. The van der Waals surface area contributed by atoms with E-state index in [0.717, 1.165) is 0 Å². The first-order chi connectivity index (χ1) is 7.45.